The minimum absolute atomic E-state index is 0.0676. The number of rotatable bonds is 4. The first kappa shape index (κ1) is 18.4. The lowest BCUT2D eigenvalue weighted by Gasteiger charge is -2.04. The van der Waals surface area contributed by atoms with Crippen molar-refractivity contribution in [2.45, 2.75) is 6.92 Å². The Morgan fingerprint density at radius 3 is 2.07 bits per heavy atom. The van der Waals surface area contributed by atoms with Gasteiger partial charge >= 0.3 is 0 Å². The van der Waals surface area contributed by atoms with Crippen molar-refractivity contribution in [1.82, 2.24) is 9.97 Å². The van der Waals surface area contributed by atoms with Crippen molar-refractivity contribution in [1.29, 1.82) is 0 Å². The number of carbonyl (C=O) groups is 2. The molecule has 0 spiro atoms. The molecule has 0 atom stereocenters. The molecule has 0 saturated heterocycles. The largest absolute Gasteiger partial charge is 0.497 e. The highest BCUT2D eigenvalue weighted by molar-refractivity contribution is 6.44. The van der Waals surface area contributed by atoms with E-state index in [2.05, 4.69) is 9.97 Å². The average molecular weight is 386 g/mol. The van der Waals surface area contributed by atoms with Crippen LogP contribution in [-0.4, -0.2) is 28.6 Å². The van der Waals surface area contributed by atoms with E-state index in [0.717, 1.165) is 10.8 Å². The van der Waals surface area contributed by atoms with Gasteiger partial charge in [-0.15, -0.1) is 0 Å². The van der Waals surface area contributed by atoms with Crippen LogP contribution in [0.2, 0.25) is 0 Å². The summed E-state index contributed by atoms with van der Waals surface area (Å²) in [6.45, 7) is 1.28. The normalized spacial score (nSPS) is 12.1. The van der Waals surface area contributed by atoms with Gasteiger partial charge in [0.15, 0.2) is 11.6 Å². The number of aromatic amines is 2. The van der Waals surface area contributed by atoms with Crippen molar-refractivity contribution >= 4 is 38.9 Å². The second-order valence-electron chi connectivity index (χ2n) is 6.65. The highest BCUT2D eigenvalue weighted by Gasteiger charge is 2.20. The van der Waals surface area contributed by atoms with Gasteiger partial charge in [-0.2, -0.15) is 0 Å². The van der Waals surface area contributed by atoms with Crippen LogP contribution in [0.1, 0.15) is 17.3 Å². The Bertz CT molecular complexity index is 1390. The van der Waals surface area contributed by atoms with E-state index in [1.807, 2.05) is 30.3 Å². The zero-order valence-corrected chi connectivity index (χ0v) is 15.9. The lowest BCUT2D eigenvalue weighted by atomic mass is 10.0. The molecule has 3 aromatic carbocycles. The summed E-state index contributed by atoms with van der Waals surface area (Å²) in [6, 6.07) is 17.5. The standard InChI is InChI=1S/C23H18N2O4/c1-13(26)19(22(27)15-9-11-16(29-2)12-10-15)21-23(28)25-18-8-4-6-14-5-3-7-17(24-21)20(14)18/h3-12,24H,1-2H3,(H,25,28)/b21-19-. The maximum absolute atomic E-state index is 13.1. The van der Waals surface area contributed by atoms with E-state index in [0.29, 0.717) is 16.8 Å². The molecule has 144 valence electrons. The molecule has 2 N–H and O–H groups in total. The summed E-state index contributed by atoms with van der Waals surface area (Å²) in [5, 5.41) is 1.68. The lowest BCUT2D eigenvalue weighted by Crippen LogP contribution is -2.34. The number of methoxy groups -OCH3 is 1. The van der Waals surface area contributed by atoms with Crippen LogP contribution in [0.5, 0.6) is 5.75 Å². The second-order valence-corrected chi connectivity index (χ2v) is 6.65. The highest BCUT2D eigenvalue weighted by Crippen LogP contribution is 2.21. The number of hydrogen-bond donors (Lipinski definition) is 2. The molecule has 0 radical (unpaired) electrons. The molecule has 0 saturated carbocycles. The fourth-order valence-corrected chi connectivity index (χ4v) is 3.44. The Morgan fingerprint density at radius 1 is 0.862 bits per heavy atom. The summed E-state index contributed by atoms with van der Waals surface area (Å²) in [5.41, 5.74) is 0.814. The summed E-state index contributed by atoms with van der Waals surface area (Å²) < 4.78 is 5.11. The van der Waals surface area contributed by atoms with Gasteiger partial charge in [-0.3, -0.25) is 14.4 Å². The number of ether oxygens (including phenoxy) is 1. The van der Waals surface area contributed by atoms with Crippen molar-refractivity contribution < 1.29 is 14.3 Å². The maximum atomic E-state index is 13.1. The Kier molecular flexibility index (Phi) is 4.60. The van der Waals surface area contributed by atoms with Crippen LogP contribution < -0.4 is 15.6 Å². The van der Waals surface area contributed by atoms with Crippen LogP contribution in [0.4, 0.5) is 0 Å². The number of nitrogens with one attached hydrogen (secondary N) is 2. The lowest BCUT2D eigenvalue weighted by molar-refractivity contribution is -0.111. The number of Topliss-reactive ketones (excluding diaryl/α,β-unsaturated/α-hetero) is 2. The zero-order chi connectivity index (χ0) is 20.5. The SMILES string of the molecule is COc1ccc(C(=O)/C(C(C)=O)=c2\[nH]c3cccc4cccc([nH]c2=O)c43)cc1. The zero-order valence-electron chi connectivity index (χ0n) is 15.9. The number of hydrogen-bond acceptors (Lipinski definition) is 4. The van der Waals surface area contributed by atoms with Crippen LogP contribution >= 0.6 is 0 Å². The van der Waals surface area contributed by atoms with E-state index in [1.165, 1.54) is 14.0 Å². The quantitative estimate of drug-likeness (QED) is 0.417. The van der Waals surface area contributed by atoms with Crippen molar-refractivity contribution in [2.75, 3.05) is 7.11 Å². The van der Waals surface area contributed by atoms with Gasteiger partial charge in [0.2, 0.25) is 0 Å². The Balaban J connectivity index is 2.09. The van der Waals surface area contributed by atoms with E-state index >= 15 is 0 Å². The molecule has 0 unspecified atom stereocenters. The minimum atomic E-state index is -0.541. The maximum Gasteiger partial charge on any atom is 0.273 e. The van der Waals surface area contributed by atoms with Crippen LogP contribution in [0.15, 0.2) is 65.5 Å². The Labute approximate surface area is 165 Å². The molecule has 4 aromatic rings. The van der Waals surface area contributed by atoms with E-state index in [4.69, 9.17) is 4.74 Å². The summed E-state index contributed by atoms with van der Waals surface area (Å²) in [7, 11) is 1.53. The molecule has 6 nitrogen and oxygen atoms in total. The molecule has 1 aromatic heterocycles. The molecule has 6 heteroatoms. The summed E-state index contributed by atoms with van der Waals surface area (Å²) in [5.74, 6) is -0.441. The third-order valence-corrected chi connectivity index (χ3v) is 4.82. The molecule has 0 bridgehead atoms. The van der Waals surface area contributed by atoms with Gasteiger partial charge in [0.1, 0.15) is 11.1 Å². The highest BCUT2D eigenvalue weighted by atomic mass is 16.5. The van der Waals surface area contributed by atoms with E-state index < -0.39 is 17.1 Å². The van der Waals surface area contributed by atoms with E-state index in [1.54, 1.807) is 30.3 Å². The molecule has 0 aliphatic heterocycles. The summed E-state index contributed by atoms with van der Waals surface area (Å²) in [4.78, 5) is 44.3. The number of benzene rings is 3. The second kappa shape index (κ2) is 7.24. The third kappa shape index (κ3) is 3.25. The topological polar surface area (TPSA) is 92.0 Å². The monoisotopic (exact) mass is 386 g/mol. The third-order valence-electron chi connectivity index (χ3n) is 4.82. The number of carbonyl (C=O) groups excluding carboxylic acids is 2. The predicted molar refractivity (Wildman–Crippen MR) is 112 cm³/mol. The van der Waals surface area contributed by atoms with Gasteiger partial charge in [-0.05, 0) is 48.7 Å². The molecule has 0 amide bonds. The Hall–Kier alpha value is -3.93. The van der Waals surface area contributed by atoms with Crippen LogP contribution in [0.3, 0.4) is 0 Å². The predicted octanol–water partition coefficient (Wildman–Crippen LogP) is 2.92. The molecular formula is C23H18N2O4. The molecule has 0 fully saturated rings. The van der Waals surface area contributed by atoms with Crippen molar-refractivity contribution in [3.63, 3.8) is 0 Å². The molecule has 1 heterocycles. The average Bonchev–Trinajstić information content (AvgIpc) is 2.86. The molecule has 4 rings (SSSR count). The summed E-state index contributed by atoms with van der Waals surface area (Å²) in [6.07, 6.45) is 0. The molecular weight excluding hydrogens is 368 g/mol. The van der Waals surface area contributed by atoms with Gasteiger partial charge < -0.3 is 14.7 Å². The minimum Gasteiger partial charge on any atom is -0.497 e. The number of H-pyrrole nitrogens is 2. The van der Waals surface area contributed by atoms with Gasteiger partial charge in [0, 0.05) is 16.5 Å². The Morgan fingerprint density at radius 2 is 1.48 bits per heavy atom. The van der Waals surface area contributed by atoms with Crippen LogP contribution in [0.25, 0.3) is 27.4 Å². The summed E-state index contributed by atoms with van der Waals surface area (Å²) >= 11 is 0. The van der Waals surface area contributed by atoms with Crippen molar-refractivity contribution in [3.8, 4) is 5.75 Å². The van der Waals surface area contributed by atoms with Gasteiger partial charge in [-0.1, -0.05) is 24.3 Å². The first-order chi connectivity index (χ1) is 14.0. The first-order valence-electron chi connectivity index (χ1n) is 9.03. The molecule has 29 heavy (non-hydrogen) atoms. The van der Waals surface area contributed by atoms with Crippen molar-refractivity contribution in [3.05, 3.63) is 81.9 Å². The fraction of sp³-hybridized carbons (Fsp3) is 0.0870. The van der Waals surface area contributed by atoms with E-state index in [9.17, 15) is 14.4 Å². The van der Waals surface area contributed by atoms with Crippen LogP contribution in [-0.2, 0) is 4.79 Å². The number of ketones is 2. The first-order valence-corrected chi connectivity index (χ1v) is 9.03. The van der Waals surface area contributed by atoms with E-state index in [-0.39, 0.29) is 16.5 Å². The molecule has 0 aliphatic rings. The molecule has 0 aliphatic carbocycles. The van der Waals surface area contributed by atoms with Crippen LogP contribution in [0, 0.1) is 0 Å². The number of aromatic nitrogens is 2. The van der Waals surface area contributed by atoms with Gasteiger partial charge in [0.05, 0.1) is 18.2 Å². The van der Waals surface area contributed by atoms with Gasteiger partial charge in [0.25, 0.3) is 5.56 Å². The van der Waals surface area contributed by atoms with Crippen molar-refractivity contribution in [2.24, 2.45) is 0 Å². The van der Waals surface area contributed by atoms with Gasteiger partial charge in [-0.25, -0.2) is 0 Å². The smallest absolute Gasteiger partial charge is 0.273 e. The fourth-order valence-electron chi connectivity index (χ4n) is 3.44.